The number of amides is 1. The third-order valence-electron chi connectivity index (χ3n) is 5.74. The summed E-state index contributed by atoms with van der Waals surface area (Å²) in [5.41, 5.74) is 3.09. The van der Waals surface area contributed by atoms with Crippen LogP contribution in [0.3, 0.4) is 0 Å². The smallest absolute Gasteiger partial charge is 0.265 e. The summed E-state index contributed by atoms with van der Waals surface area (Å²) in [7, 11) is 0. The molecule has 2 fully saturated rings. The summed E-state index contributed by atoms with van der Waals surface area (Å²) in [5.74, 6) is 1.52. The van der Waals surface area contributed by atoms with Gasteiger partial charge >= 0.3 is 0 Å². The first-order valence-electron chi connectivity index (χ1n) is 10.7. The number of rotatable bonds is 7. The van der Waals surface area contributed by atoms with Crippen molar-refractivity contribution in [3.8, 4) is 5.75 Å². The molecular formula is C24H31N3O2. The van der Waals surface area contributed by atoms with Crippen LogP contribution in [0, 0.1) is 12.8 Å². The summed E-state index contributed by atoms with van der Waals surface area (Å²) in [4.78, 5) is 17.6. The van der Waals surface area contributed by atoms with Crippen LogP contribution in [0.1, 0.15) is 25.3 Å². The van der Waals surface area contributed by atoms with E-state index in [1.807, 2.05) is 43.3 Å². The summed E-state index contributed by atoms with van der Waals surface area (Å²) in [6, 6.07) is 15.9. The summed E-state index contributed by atoms with van der Waals surface area (Å²) < 4.78 is 5.80. The van der Waals surface area contributed by atoms with Crippen LogP contribution in [-0.2, 0) is 4.79 Å². The second-order valence-corrected chi connectivity index (χ2v) is 8.35. The first-order chi connectivity index (χ1) is 14.1. The monoisotopic (exact) mass is 393 g/mol. The standard InChI is InChI=1S/C24H31N3O2/c1-18-5-3-8-23(15-18)29-19(2)24(28)25-21-6-4-7-22(16-21)27-13-11-26(12-14-27)17-20-9-10-20/h3-8,15-16,19-20H,9-14,17H2,1-2H3,(H,25,28). The van der Waals surface area contributed by atoms with E-state index in [0.29, 0.717) is 5.75 Å². The van der Waals surface area contributed by atoms with Gasteiger partial charge < -0.3 is 15.0 Å². The maximum atomic E-state index is 12.6. The number of hydrogen-bond acceptors (Lipinski definition) is 4. The van der Waals surface area contributed by atoms with Crippen molar-refractivity contribution in [2.75, 3.05) is 42.9 Å². The number of carbonyl (C=O) groups is 1. The van der Waals surface area contributed by atoms with Crippen molar-refractivity contribution in [1.29, 1.82) is 0 Å². The third kappa shape index (κ3) is 5.51. The maximum absolute atomic E-state index is 12.6. The highest BCUT2D eigenvalue weighted by atomic mass is 16.5. The van der Waals surface area contributed by atoms with E-state index in [1.165, 1.54) is 25.1 Å². The molecule has 0 bridgehead atoms. The van der Waals surface area contributed by atoms with E-state index in [0.717, 1.165) is 43.3 Å². The number of anilines is 2. The lowest BCUT2D eigenvalue weighted by Crippen LogP contribution is -2.47. The topological polar surface area (TPSA) is 44.8 Å². The molecule has 1 N–H and O–H groups in total. The number of nitrogens with one attached hydrogen (secondary N) is 1. The van der Waals surface area contributed by atoms with E-state index in [-0.39, 0.29) is 5.91 Å². The number of benzene rings is 2. The van der Waals surface area contributed by atoms with Gasteiger partial charge in [-0.3, -0.25) is 9.69 Å². The van der Waals surface area contributed by atoms with Gasteiger partial charge in [-0.25, -0.2) is 0 Å². The molecule has 2 aromatic carbocycles. The molecule has 1 amide bonds. The predicted molar refractivity (Wildman–Crippen MR) is 118 cm³/mol. The fourth-order valence-electron chi connectivity index (χ4n) is 3.82. The summed E-state index contributed by atoms with van der Waals surface area (Å²) >= 11 is 0. The molecule has 1 saturated carbocycles. The molecule has 1 atom stereocenters. The Morgan fingerprint density at radius 2 is 1.86 bits per heavy atom. The molecule has 0 spiro atoms. The van der Waals surface area contributed by atoms with Crippen molar-refractivity contribution in [3.63, 3.8) is 0 Å². The Bertz CT molecular complexity index is 842. The fourth-order valence-corrected chi connectivity index (χ4v) is 3.82. The van der Waals surface area contributed by atoms with E-state index in [9.17, 15) is 4.79 Å². The number of carbonyl (C=O) groups excluding carboxylic acids is 1. The minimum absolute atomic E-state index is 0.141. The predicted octanol–water partition coefficient (Wildman–Crippen LogP) is 3.93. The van der Waals surface area contributed by atoms with Crippen LogP contribution < -0.4 is 15.0 Å². The Kier molecular flexibility index (Phi) is 6.05. The van der Waals surface area contributed by atoms with Crippen LogP contribution in [0.2, 0.25) is 0 Å². The zero-order valence-corrected chi connectivity index (χ0v) is 17.4. The second kappa shape index (κ2) is 8.87. The maximum Gasteiger partial charge on any atom is 0.265 e. The van der Waals surface area contributed by atoms with Gasteiger partial charge in [-0.05, 0) is 68.5 Å². The van der Waals surface area contributed by atoms with Crippen LogP contribution in [-0.4, -0.2) is 49.6 Å². The molecule has 0 radical (unpaired) electrons. The quantitative estimate of drug-likeness (QED) is 0.774. The van der Waals surface area contributed by atoms with Crippen molar-refractivity contribution in [1.82, 2.24) is 4.90 Å². The Hall–Kier alpha value is -2.53. The summed E-state index contributed by atoms with van der Waals surface area (Å²) in [5, 5.41) is 3.00. The van der Waals surface area contributed by atoms with Crippen molar-refractivity contribution in [2.24, 2.45) is 5.92 Å². The molecule has 1 unspecified atom stereocenters. The van der Waals surface area contributed by atoms with Crippen LogP contribution in [0.15, 0.2) is 48.5 Å². The van der Waals surface area contributed by atoms with Crippen molar-refractivity contribution in [2.45, 2.75) is 32.8 Å². The molecule has 29 heavy (non-hydrogen) atoms. The first kappa shape index (κ1) is 19.8. The van der Waals surface area contributed by atoms with Gasteiger partial charge in [0.15, 0.2) is 6.10 Å². The van der Waals surface area contributed by atoms with E-state index in [4.69, 9.17) is 4.74 Å². The lowest BCUT2D eigenvalue weighted by Gasteiger charge is -2.36. The highest BCUT2D eigenvalue weighted by Crippen LogP contribution is 2.30. The lowest BCUT2D eigenvalue weighted by atomic mass is 10.2. The van der Waals surface area contributed by atoms with Gasteiger partial charge in [0.1, 0.15) is 5.75 Å². The van der Waals surface area contributed by atoms with Crippen molar-refractivity contribution < 1.29 is 9.53 Å². The third-order valence-corrected chi connectivity index (χ3v) is 5.74. The summed E-state index contributed by atoms with van der Waals surface area (Å²) in [6.45, 7) is 9.37. The molecular weight excluding hydrogens is 362 g/mol. The van der Waals surface area contributed by atoms with Crippen molar-refractivity contribution >= 4 is 17.3 Å². The van der Waals surface area contributed by atoms with E-state index in [2.05, 4.69) is 27.2 Å². The molecule has 5 nitrogen and oxygen atoms in total. The van der Waals surface area contributed by atoms with Crippen LogP contribution in [0.5, 0.6) is 5.75 Å². The zero-order chi connectivity index (χ0) is 20.2. The molecule has 1 heterocycles. The Labute approximate surface area is 173 Å². The number of aryl methyl sites for hydroxylation is 1. The second-order valence-electron chi connectivity index (χ2n) is 8.35. The van der Waals surface area contributed by atoms with Gasteiger partial charge in [0.25, 0.3) is 5.91 Å². The first-order valence-corrected chi connectivity index (χ1v) is 10.7. The van der Waals surface area contributed by atoms with Gasteiger partial charge in [0.2, 0.25) is 0 Å². The average Bonchev–Trinajstić information content (AvgIpc) is 3.53. The van der Waals surface area contributed by atoms with Gasteiger partial charge in [0, 0.05) is 44.1 Å². The van der Waals surface area contributed by atoms with Crippen molar-refractivity contribution in [3.05, 3.63) is 54.1 Å². The van der Waals surface area contributed by atoms with Gasteiger partial charge in [-0.2, -0.15) is 0 Å². The Morgan fingerprint density at radius 1 is 1.10 bits per heavy atom. The van der Waals surface area contributed by atoms with E-state index >= 15 is 0 Å². The zero-order valence-electron chi connectivity index (χ0n) is 17.4. The molecule has 1 aliphatic heterocycles. The molecule has 1 aliphatic carbocycles. The lowest BCUT2D eigenvalue weighted by molar-refractivity contribution is -0.122. The van der Waals surface area contributed by atoms with E-state index < -0.39 is 6.10 Å². The largest absolute Gasteiger partial charge is 0.481 e. The van der Waals surface area contributed by atoms with Crippen LogP contribution in [0.25, 0.3) is 0 Å². The number of nitrogens with zero attached hydrogens (tertiary/aromatic N) is 2. The normalized spacial score (nSPS) is 18.3. The van der Waals surface area contributed by atoms with Gasteiger partial charge in [-0.1, -0.05) is 18.2 Å². The number of hydrogen-bond donors (Lipinski definition) is 1. The van der Waals surface area contributed by atoms with Gasteiger partial charge in [-0.15, -0.1) is 0 Å². The average molecular weight is 394 g/mol. The molecule has 0 aromatic heterocycles. The Balaban J connectivity index is 1.31. The SMILES string of the molecule is Cc1cccc(OC(C)C(=O)Nc2cccc(N3CCN(CC4CC4)CC3)c2)c1. The van der Waals surface area contributed by atoms with Crippen LogP contribution in [0.4, 0.5) is 11.4 Å². The highest BCUT2D eigenvalue weighted by Gasteiger charge is 2.26. The molecule has 2 aromatic rings. The van der Waals surface area contributed by atoms with Crippen LogP contribution >= 0.6 is 0 Å². The molecule has 154 valence electrons. The minimum Gasteiger partial charge on any atom is -0.481 e. The molecule has 4 rings (SSSR count). The molecule has 2 aliphatic rings. The summed E-state index contributed by atoms with van der Waals surface area (Å²) in [6.07, 6.45) is 2.26. The molecule has 1 saturated heterocycles. The Morgan fingerprint density at radius 3 is 2.59 bits per heavy atom. The number of piperazine rings is 1. The highest BCUT2D eigenvalue weighted by molar-refractivity contribution is 5.94. The number of ether oxygens (including phenoxy) is 1. The van der Waals surface area contributed by atoms with Gasteiger partial charge in [0.05, 0.1) is 0 Å². The van der Waals surface area contributed by atoms with E-state index in [1.54, 1.807) is 6.92 Å². The minimum atomic E-state index is -0.563. The fraction of sp³-hybridized carbons (Fsp3) is 0.458. The molecule has 5 heteroatoms.